The van der Waals surface area contributed by atoms with Crippen LogP contribution in [0.2, 0.25) is 0 Å². The molecule has 0 spiro atoms. The van der Waals surface area contributed by atoms with Crippen LogP contribution >= 0.6 is 0 Å². The molecule has 1 fully saturated rings. The first-order chi connectivity index (χ1) is 19.3. The van der Waals surface area contributed by atoms with Gasteiger partial charge in [0, 0.05) is 27.9 Å². The standard InChI is InChI=1S/C34H35FNO/c1-21-6-15-29(36(5)20-21)30-22(2)7-12-26-27-13-14-28(35)31(33(27)37-32(26)30)25-10-8-23(9-11-25)24-16-18-34(3,4)19-17-24/h6-15,20,24H,16-19H2,1-5H3/q+1/i1D3,24D. The highest BCUT2D eigenvalue weighted by molar-refractivity contribution is 6.13. The molecule has 0 radical (unpaired) electrons. The predicted molar refractivity (Wildman–Crippen MR) is 150 cm³/mol. The average Bonchev–Trinajstić information content (AvgIpc) is 3.29. The highest BCUT2D eigenvalue weighted by Gasteiger charge is 2.28. The quantitative estimate of drug-likeness (QED) is 0.228. The fourth-order valence-electron chi connectivity index (χ4n) is 5.82. The van der Waals surface area contributed by atoms with Crippen LogP contribution in [0.25, 0.3) is 44.3 Å². The Bertz CT molecular complexity index is 1790. The van der Waals surface area contributed by atoms with Gasteiger partial charge in [-0.05, 0) is 85.7 Å². The molecular formula is C34H35FNO+. The van der Waals surface area contributed by atoms with Crippen LogP contribution in [-0.4, -0.2) is 0 Å². The van der Waals surface area contributed by atoms with Gasteiger partial charge in [0.2, 0.25) is 5.69 Å². The van der Waals surface area contributed by atoms with Crippen LogP contribution in [0.15, 0.2) is 71.3 Å². The van der Waals surface area contributed by atoms with Crippen molar-refractivity contribution in [1.82, 2.24) is 0 Å². The molecule has 6 rings (SSSR count). The monoisotopic (exact) mass is 496 g/mol. The Balaban J connectivity index is 1.47. The molecule has 37 heavy (non-hydrogen) atoms. The van der Waals surface area contributed by atoms with Gasteiger partial charge in [-0.1, -0.05) is 50.2 Å². The van der Waals surface area contributed by atoms with Crippen LogP contribution in [0.5, 0.6) is 0 Å². The minimum absolute atomic E-state index is 0.261. The Labute approximate surface area is 224 Å². The average molecular weight is 497 g/mol. The first-order valence-corrected chi connectivity index (χ1v) is 13.0. The van der Waals surface area contributed by atoms with Crippen LogP contribution < -0.4 is 4.57 Å². The molecule has 2 heterocycles. The summed E-state index contributed by atoms with van der Waals surface area (Å²) < 4.78 is 56.3. The number of rotatable bonds is 3. The van der Waals surface area contributed by atoms with E-state index in [0.717, 1.165) is 58.8 Å². The fraction of sp³-hybridized carbons (Fsp3) is 0.324. The van der Waals surface area contributed by atoms with E-state index >= 15 is 4.39 Å². The van der Waals surface area contributed by atoms with E-state index in [1.807, 2.05) is 50.4 Å². The van der Waals surface area contributed by atoms with Crippen molar-refractivity contribution in [1.29, 1.82) is 0 Å². The van der Waals surface area contributed by atoms with Crippen molar-refractivity contribution in [2.75, 3.05) is 0 Å². The summed E-state index contributed by atoms with van der Waals surface area (Å²) in [7, 11) is 1.82. The molecule has 5 aromatic rings. The van der Waals surface area contributed by atoms with Crippen molar-refractivity contribution in [2.24, 2.45) is 12.5 Å². The predicted octanol–water partition coefficient (Wildman–Crippen LogP) is 9.18. The summed E-state index contributed by atoms with van der Waals surface area (Å²) in [5.41, 5.74) is 6.35. The number of hydrogen-bond donors (Lipinski definition) is 0. The highest BCUT2D eigenvalue weighted by atomic mass is 19.1. The van der Waals surface area contributed by atoms with E-state index in [-0.39, 0.29) is 16.8 Å². The number of aromatic nitrogens is 1. The van der Waals surface area contributed by atoms with Gasteiger partial charge >= 0.3 is 0 Å². The van der Waals surface area contributed by atoms with Crippen LogP contribution in [0.3, 0.4) is 0 Å². The Kier molecular flexibility index (Phi) is 4.68. The van der Waals surface area contributed by atoms with E-state index in [1.165, 1.54) is 6.07 Å². The molecule has 0 bridgehead atoms. The molecule has 3 aromatic carbocycles. The smallest absolute Gasteiger partial charge is 0.216 e. The molecule has 3 heteroatoms. The van der Waals surface area contributed by atoms with Gasteiger partial charge in [0.15, 0.2) is 6.20 Å². The maximum absolute atomic E-state index is 15.5. The zero-order valence-corrected chi connectivity index (χ0v) is 21.9. The Morgan fingerprint density at radius 3 is 2.27 bits per heavy atom. The summed E-state index contributed by atoms with van der Waals surface area (Å²) in [6, 6.07) is 18.5. The third kappa shape index (κ3) is 4.15. The summed E-state index contributed by atoms with van der Waals surface area (Å²) in [5.74, 6) is -0.982. The van der Waals surface area contributed by atoms with Gasteiger partial charge in [0.25, 0.3) is 0 Å². The number of halogens is 1. The normalized spacial score (nSPS) is 18.8. The number of furan rings is 1. The largest absolute Gasteiger partial charge is 0.454 e. The molecular weight excluding hydrogens is 457 g/mol. The lowest BCUT2D eigenvalue weighted by molar-refractivity contribution is -0.660. The summed E-state index contributed by atoms with van der Waals surface area (Å²) >= 11 is 0. The molecule has 188 valence electrons. The molecule has 0 saturated heterocycles. The van der Waals surface area contributed by atoms with E-state index in [1.54, 1.807) is 29.0 Å². The van der Waals surface area contributed by atoms with E-state index in [4.69, 9.17) is 9.90 Å². The van der Waals surface area contributed by atoms with Gasteiger partial charge in [-0.3, -0.25) is 0 Å². The number of benzene rings is 3. The summed E-state index contributed by atoms with van der Waals surface area (Å²) in [5, 5.41) is 1.68. The molecule has 1 aliphatic rings. The first kappa shape index (κ1) is 19.6. The molecule has 1 saturated carbocycles. The minimum atomic E-state index is -2.20. The van der Waals surface area contributed by atoms with Gasteiger partial charge in [-0.15, -0.1) is 0 Å². The lowest BCUT2D eigenvalue weighted by Gasteiger charge is -2.34. The first-order valence-electron chi connectivity index (χ1n) is 15.0. The number of hydrogen-bond acceptors (Lipinski definition) is 1. The zero-order chi connectivity index (χ0) is 29.3. The summed E-state index contributed by atoms with van der Waals surface area (Å²) in [6.07, 6.45) is 5.30. The van der Waals surface area contributed by atoms with E-state index in [2.05, 4.69) is 13.8 Å². The van der Waals surface area contributed by atoms with Crippen molar-refractivity contribution in [2.45, 2.75) is 59.2 Å². The van der Waals surface area contributed by atoms with Crippen molar-refractivity contribution in [3.05, 3.63) is 89.4 Å². The van der Waals surface area contributed by atoms with E-state index in [0.29, 0.717) is 22.3 Å². The van der Waals surface area contributed by atoms with E-state index < -0.39 is 12.7 Å². The molecule has 0 N–H and O–H groups in total. The fourth-order valence-corrected chi connectivity index (χ4v) is 5.82. The van der Waals surface area contributed by atoms with Gasteiger partial charge in [0.1, 0.15) is 24.0 Å². The minimum Gasteiger partial charge on any atom is -0.454 e. The number of aryl methyl sites for hydroxylation is 3. The highest BCUT2D eigenvalue weighted by Crippen LogP contribution is 2.44. The molecule has 1 aliphatic carbocycles. The van der Waals surface area contributed by atoms with Crippen LogP contribution in [0.1, 0.15) is 67.6 Å². The Morgan fingerprint density at radius 1 is 0.919 bits per heavy atom. The van der Waals surface area contributed by atoms with Crippen molar-refractivity contribution in [3.63, 3.8) is 0 Å². The molecule has 2 aromatic heterocycles. The number of pyridine rings is 1. The third-order valence-electron chi connectivity index (χ3n) is 8.15. The maximum atomic E-state index is 15.5. The van der Waals surface area contributed by atoms with Crippen LogP contribution in [0, 0.1) is 25.0 Å². The van der Waals surface area contributed by atoms with Gasteiger partial charge < -0.3 is 4.42 Å². The Morgan fingerprint density at radius 2 is 1.59 bits per heavy atom. The number of fused-ring (bicyclic) bond motifs is 3. The van der Waals surface area contributed by atoms with Crippen molar-refractivity contribution in [3.8, 4) is 22.4 Å². The second-order valence-corrected chi connectivity index (χ2v) is 11.3. The summed E-state index contributed by atoms with van der Waals surface area (Å²) in [6.45, 7) is 4.33. The molecule has 0 atom stereocenters. The van der Waals surface area contributed by atoms with Crippen LogP contribution in [-0.2, 0) is 7.05 Å². The summed E-state index contributed by atoms with van der Waals surface area (Å²) in [4.78, 5) is 0. The van der Waals surface area contributed by atoms with E-state index in [9.17, 15) is 0 Å². The third-order valence-corrected chi connectivity index (χ3v) is 8.15. The second-order valence-electron chi connectivity index (χ2n) is 11.3. The lowest BCUT2D eigenvalue weighted by Crippen LogP contribution is -2.31. The van der Waals surface area contributed by atoms with Gasteiger partial charge in [0.05, 0.1) is 11.1 Å². The number of nitrogens with zero attached hydrogens (tertiary/aromatic N) is 1. The van der Waals surface area contributed by atoms with Crippen molar-refractivity contribution < 1.29 is 18.9 Å². The molecule has 0 amide bonds. The Hall–Kier alpha value is -3.46. The second kappa shape index (κ2) is 8.83. The topological polar surface area (TPSA) is 17.0 Å². The molecule has 0 aliphatic heterocycles. The molecule has 0 unspecified atom stereocenters. The molecule has 2 nitrogen and oxygen atoms in total. The SMILES string of the molecule is [2H]C([2H])([2H])c1ccc(-c2c(C)ccc3c2oc2c(-c4ccc(C5([2H])CCC(C)(C)CC5)cc4)c(F)ccc23)[n+](C)c1. The lowest BCUT2D eigenvalue weighted by atomic mass is 9.71. The van der Waals surface area contributed by atoms with Crippen molar-refractivity contribution >= 4 is 21.9 Å². The maximum Gasteiger partial charge on any atom is 0.216 e. The van der Waals surface area contributed by atoms with Gasteiger partial charge in [-0.25, -0.2) is 8.96 Å². The zero-order valence-electron chi connectivity index (χ0n) is 25.9. The van der Waals surface area contributed by atoms with Crippen LogP contribution in [0.4, 0.5) is 4.39 Å². The van der Waals surface area contributed by atoms with Gasteiger partial charge in [-0.2, -0.15) is 0 Å².